The second kappa shape index (κ2) is 12.2. The van der Waals surface area contributed by atoms with Gasteiger partial charge in [0.25, 0.3) is 23.8 Å². The van der Waals surface area contributed by atoms with Gasteiger partial charge in [-0.05, 0) is 31.0 Å². The molecule has 1 aromatic carbocycles. The zero-order chi connectivity index (χ0) is 26.3. The van der Waals surface area contributed by atoms with Crippen LogP contribution < -0.4 is 25.4 Å². The Labute approximate surface area is 209 Å². The molecule has 36 heavy (non-hydrogen) atoms. The van der Waals surface area contributed by atoms with E-state index in [-0.39, 0.29) is 28.6 Å². The number of aromatic nitrogens is 1. The second-order valence-corrected chi connectivity index (χ2v) is 9.38. The first kappa shape index (κ1) is 27.4. The number of nitrogens with zero attached hydrogens (tertiary/aromatic N) is 3. The predicted molar refractivity (Wildman–Crippen MR) is 130 cm³/mol. The molecule has 0 bridgehead atoms. The van der Waals surface area contributed by atoms with Gasteiger partial charge in [-0.1, -0.05) is 12.1 Å². The van der Waals surface area contributed by atoms with Gasteiger partial charge in [-0.3, -0.25) is 14.2 Å². The number of rotatable bonds is 9. The van der Waals surface area contributed by atoms with Gasteiger partial charge in [0.05, 0.1) is 6.54 Å². The first-order chi connectivity index (χ1) is 17.1. The molecule has 1 aromatic heterocycles. The van der Waals surface area contributed by atoms with Crippen molar-refractivity contribution in [2.75, 3.05) is 31.5 Å². The van der Waals surface area contributed by atoms with E-state index in [9.17, 15) is 32.4 Å². The van der Waals surface area contributed by atoms with Gasteiger partial charge < -0.3 is 15.5 Å². The number of benzene rings is 1. The fourth-order valence-electron chi connectivity index (χ4n) is 3.80. The number of thiazole rings is 1. The molecule has 1 aliphatic rings. The summed E-state index contributed by atoms with van der Waals surface area (Å²) in [5.74, 6) is -3.54. The molecule has 0 unspecified atom stereocenters. The minimum Gasteiger partial charge on any atom is -0.360 e. The molecule has 12 heteroatoms. The van der Waals surface area contributed by atoms with Crippen molar-refractivity contribution in [2.24, 2.45) is 0 Å². The van der Waals surface area contributed by atoms with Crippen LogP contribution in [0.15, 0.2) is 29.1 Å². The molecule has 2 aromatic rings. The van der Waals surface area contributed by atoms with E-state index >= 15 is 0 Å². The summed E-state index contributed by atoms with van der Waals surface area (Å²) in [7, 11) is 0. The largest absolute Gasteiger partial charge is 0.360 e. The van der Waals surface area contributed by atoms with E-state index in [0.717, 1.165) is 16.9 Å². The number of nitrogens with one attached hydrogen (secondary N) is 2. The Morgan fingerprint density at radius 1 is 1.31 bits per heavy atom. The highest BCUT2D eigenvalue weighted by Gasteiger charge is 2.33. The lowest BCUT2D eigenvalue weighted by molar-refractivity contribution is -0.116. The van der Waals surface area contributed by atoms with Crippen molar-refractivity contribution in [1.29, 1.82) is 5.26 Å². The highest BCUT2D eigenvalue weighted by molar-refractivity contribution is 7.07. The fourth-order valence-corrected chi connectivity index (χ4v) is 4.89. The Bertz CT molecular complexity index is 1290. The standard InChI is InChI=1S/C24H27F4N5O2S/c1-2-33-22(35)19(36-23(33)18(13-29)21(34)31-15-20(25)26)14-30-17-5-3-4-16(12-17)6-9-32-10-7-24(27,28)8-11-32/h3-5,12,14,20,30H,2,6-11,15H2,1H3,(H,31,34)/b19-14?,23-18-. The Kier molecular flexibility index (Phi) is 9.28. The minimum atomic E-state index is -2.76. The maximum atomic E-state index is 13.3. The summed E-state index contributed by atoms with van der Waals surface area (Å²) in [6.45, 7) is 2.36. The van der Waals surface area contributed by atoms with Crippen molar-refractivity contribution in [2.45, 2.75) is 45.1 Å². The van der Waals surface area contributed by atoms with Crippen LogP contribution in [0.25, 0.3) is 11.8 Å². The second-order valence-electron chi connectivity index (χ2n) is 8.35. The average Bonchev–Trinajstić information content (AvgIpc) is 3.16. The van der Waals surface area contributed by atoms with Gasteiger partial charge in [-0.2, -0.15) is 5.26 Å². The van der Waals surface area contributed by atoms with Crippen LogP contribution in [0, 0.1) is 11.3 Å². The summed E-state index contributed by atoms with van der Waals surface area (Å²) in [6, 6.07) is 9.19. The molecule has 0 atom stereocenters. The van der Waals surface area contributed by atoms with Crippen LogP contribution >= 0.6 is 11.3 Å². The average molecular weight is 526 g/mol. The van der Waals surface area contributed by atoms with Crippen molar-refractivity contribution in [1.82, 2.24) is 14.8 Å². The van der Waals surface area contributed by atoms with E-state index in [1.54, 1.807) is 19.1 Å². The van der Waals surface area contributed by atoms with Gasteiger partial charge in [-0.25, -0.2) is 17.6 Å². The smallest absolute Gasteiger partial charge is 0.270 e. The van der Waals surface area contributed by atoms with Gasteiger partial charge in [-0.15, -0.1) is 11.3 Å². The molecule has 2 N–H and O–H groups in total. The van der Waals surface area contributed by atoms with Crippen molar-refractivity contribution >= 4 is 34.7 Å². The summed E-state index contributed by atoms with van der Waals surface area (Å²) in [5.41, 5.74) is 0.878. The summed E-state index contributed by atoms with van der Waals surface area (Å²) in [6.07, 6.45) is -0.859. The monoisotopic (exact) mass is 525 g/mol. The maximum absolute atomic E-state index is 13.3. The van der Waals surface area contributed by atoms with E-state index in [1.165, 1.54) is 10.8 Å². The van der Waals surface area contributed by atoms with Crippen LogP contribution in [0.3, 0.4) is 0 Å². The minimum absolute atomic E-state index is 0.0886. The van der Waals surface area contributed by atoms with Gasteiger partial charge >= 0.3 is 0 Å². The highest BCUT2D eigenvalue weighted by atomic mass is 32.1. The van der Waals surface area contributed by atoms with Gasteiger partial charge in [0.15, 0.2) is 5.57 Å². The summed E-state index contributed by atoms with van der Waals surface area (Å²) >= 11 is 0.915. The third kappa shape index (κ3) is 7.18. The number of anilines is 1. The van der Waals surface area contributed by atoms with Crippen LogP contribution in [0.5, 0.6) is 0 Å². The maximum Gasteiger partial charge on any atom is 0.270 e. The molecule has 7 nitrogen and oxygen atoms in total. The van der Waals surface area contributed by atoms with Gasteiger partial charge in [0.2, 0.25) is 0 Å². The van der Waals surface area contributed by atoms with Crippen LogP contribution in [0.2, 0.25) is 0 Å². The van der Waals surface area contributed by atoms with Crippen LogP contribution in [0.1, 0.15) is 25.3 Å². The Balaban J connectivity index is 1.77. The number of piperidine rings is 1. The SMILES string of the molecule is CCn1c(=O)c(=CNc2cccc(CCN3CCC(F)(F)CC3)c2)s/c1=C(/C#N)C(=O)NCC(F)F. The van der Waals surface area contributed by atoms with E-state index in [4.69, 9.17) is 0 Å². The molecular formula is C24H27F4N5O2S. The van der Waals surface area contributed by atoms with Crippen molar-refractivity contribution in [3.8, 4) is 6.07 Å². The Hall–Kier alpha value is -3.17. The molecule has 0 spiro atoms. The number of carbonyl (C=O) groups is 1. The summed E-state index contributed by atoms with van der Waals surface area (Å²) in [5, 5.41) is 14.5. The summed E-state index contributed by atoms with van der Waals surface area (Å²) in [4.78, 5) is 27.0. The molecule has 0 radical (unpaired) electrons. The Morgan fingerprint density at radius 2 is 2.03 bits per heavy atom. The molecule has 1 saturated heterocycles. The predicted octanol–water partition coefficient (Wildman–Crippen LogP) is 2.11. The quantitative estimate of drug-likeness (QED) is 0.490. The Morgan fingerprint density at radius 3 is 2.67 bits per heavy atom. The number of nitriles is 1. The lowest BCUT2D eigenvalue weighted by Crippen LogP contribution is -2.40. The van der Waals surface area contributed by atoms with Crippen LogP contribution in [0.4, 0.5) is 23.2 Å². The van der Waals surface area contributed by atoms with Crippen molar-refractivity contribution in [3.05, 3.63) is 49.4 Å². The zero-order valence-electron chi connectivity index (χ0n) is 19.7. The first-order valence-corrected chi connectivity index (χ1v) is 12.3. The molecule has 1 fully saturated rings. The van der Waals surface area contributed by atoms with Crippen molar-refractivity contribution in [3.63, 3.8) is 0 Å². The lowest BCUT2D eigenvalue weighted by atomic mass is 10.1. The van der Waals surface area contributed by atoms with Gasteiger partial charge in [0.1, 0.15) is 15.3 Å². The van der Waals surface area contributed by atoms with Crippen LogP contribution in [-0.4, -0.2) is 53.9 Å². The third-order valence-corrected chi connectivity index (χ3v) is 6.93. The zero-order valence-corrected chi connectivity index (χ0v) is 20.5. The fraction of sp³-hybridized carbons (Fsp3) is 0.458. The highest BCUT2D eigenvalue weighted by Crippen LogP contribution is 2.27. The topological polar surface area (TPSA) is 90.2 Å². The number of alkyl halides is 4. The molecule has 1 amide bonds. The number of hydrogen-bond acceptors (Lipinski definition) is 6. The van der Waals surface area contributed by atoms with Gasteiger partial charge in [0, 0.05) is 50.9 Å². The molecule has 194 valence electrons. The summed E-state index contributed by atoms with van der Waals surface area (Å²) < 4.78 is 53.1. The van der Waals surface area contributed by atoms with E-state index in [0.29, 0.717) is 31.7 Å². The normalized spacial score (nSPS) is 17.1. The number of amides is 1. The van der Waals surface area contributed by atoms with E-state index in [2.05, 4.69) is 5.32 Å². The number of carbonyl (C=O) groups excluding carboxylic acids is 1. The number of halogens is 4. The molecule has 1 aliphatic heterocycles. The first-order valence-electron chi connectivity index (χ1n) is 11.5. The van der Waals surface area contributed by atoms with Crippen molar-refractivity contribution < 1.29 is 22.4 Å². The molecule has 0 saturated carbocycles. The molecular weight excluding hydrogens is 498 g/mol. The van der Waals surface area contributed by atoms with E-state index < -0.39 is 35.9 Å². The third-order valence-electron chi connectivity index (χ3n) is 5.79. The molecule has 2 heterocycles. The molecule has 0 aliphatic carbocycles. The number of hydrogen-bond donors (Lipinski definition) is 2. The van der Waals surface area contributed by atoms with E-state index in [1.807, 2.05) is 28.4 Å². The number of likely N-dealkylation sites (tertiary alicyclic amines) is 1. The lowest BCUT2D eigenvalue weighted by Gasteiger charge is -2.31. The molecule has 3 rings (SSSR count). The van der Waals surface area contributed by atoms with Crippen LogP contribution in [-0.2, 0) is 17.8 Å².